The van der Waals surface area contributed by atoms with E-state index in [0.29, 0.717) is 25.5 Å². The van der Waals surface area contributed by atoms with Crippen molar-refractivity contribution in [1.29, 1.82) is 5.26 Å². The van der Waals surface area contributed by atoms with E-state index in [-0.39, 0.29) is 30.7 Å². The SMILES string of the molecule is CN(C)CC(=O)N1CC(C(=O)Nc2ccccc2)CC1C#N.O=CCC=O. The summed E-state index contributed by atoms with van der Waals surface area (Å²) in [6.07, 6.45) is 1.54. The fraction of sp³-hybridized carbons (Fsp3) is 0.421. The summed E-state index contributed by atoms with van der Waals surface area (Å²) in [5, 5.41) is 12.1. The lowest BCUT2D eigenvalue weighted by Crippen LogP contribution is -2.40. The van der Waals surface area contributed by atoms with Gasteiger partial charge in [0.15, 0.2) is 0 Å². The molecular weight excluding hydrogens is 348 g/mol. The zero-order valence-electron chi connectivity index (χ0n) is 15.5. The highest BCUT2D eigenvalue weighted by molar-refractivity contribution is 5.93. The van der Waals surface area contributed by atoms with Crippen LogP contribution in [0.25, 0.3) is 0 Å². The molecule has 1 saturated heterocycles. The smallest absolute Gasteiger partial charge is 0.237 e. The average molecular weight is 372 g/mol. The van der Waals surface area contributed by atoms with Gasteiger partial charge in [0.05, 0.1) is 25.0 Å². The van der Waals surface area contributed by atoms with Gasteiger partial charge in [-0.25, -0.2) is 0 Å². The normalized spacial score (nSPS) is 18.1. The molecule has 1 aliphatic rings. The monoisotopic (exact) mass is 372 g/mol. The van der Waals surface area contributed by atoms with Gasteiger partial charge in [-0.05, 0) is 32.6 Å². The number of nitriles is 1. The van der Waals surface area contributed by atoms with Crippen LogP contribution in [0.1, 0.15) is 12.8 Å². The first-order valence-corrected chi connectivity index (χ1v) is 8.49. The largest absolute Gasteiger partial charge is 0.326 e. The molecule has 0 aromatic heterocycles. The Hall–Kier alpha value is -3.05. The van der Waals surface area contributed by atoms with E-state index in [0.717, 1.165) is 5.69 Å². The third-order valence-corrected chi connectivity index (χ3v) is 3.83. The molecular formula is C19H24N4O4. The molecule has 2 atom stereocenters. The zero-order chi connectivity index (χ0) is 20.2. The quantitative estimate of drug-likeness (QED) is 0.581. The third kappa shape index (κ3) is 7.38. The topological polar surface area (TPSA) is 111 Å². The molecule has 0 radical (unpaired) electrons. The van der Waals surface area contributed by atoms with Crippen LogP contribution < -0.4 is 5.32 Å². The van der Waals surface area contributed by atoms with Gasteiger partial charge in [-0.2, -0.15) is 5.26 Å². The van der Waals surface area contributed by atoms with Gasteiger partial charge in [-0.1, -0.05) is 18.2 Å². The number of hydrogen-bond donors (Lipinski definition) is 1. The number of para-hydroxylation sites is 1. The fourth-order valence-corrected chi connectivity index (χ4v) is 2.59. The van der Waals surface area contributed by atoms with Gasteiger partial charge < -0.3 is 24.7 Å². The van der Waals surface area contributed by atoms with E-state index in [1.165, 1.54) is 4.90 Å². The second-order valence-corrected chi connectivity index (χ2v) is 6.29. The van der Waals surface area contributed by atoms with Gasteiger partial charge in [-0.3, -0.25) is 9.59 Å². The van der Waals surface area contributed by atoms with Gasteiger partial charge in [0.25, 0.3) is 0 Å². The average Bonchev–Trinajstić information content (AvgIpc) is 3.08. The molecule has 0 spiro atoms. The van der Waals surface area contributed by atoms with Crippen LogP contribution in [0.4, 0.5) is 5.69 Å². The van der Waals surface area contributed by atoms with Crippen LogP contribution in [0.3, 0.4) is 0 Å². The molecule has 1 aliphatic heterocycles. The van der Waals surface area contributed by atoms with Crippen molar-refractivity contribution >= 4 is 30.1 Å². The van der Waals surface area contributed by atoms with E-state index in [1.54, 1.807) is 19.0 Å². The third-order valence-electron chi connectivity index (χ3n) is 3.83. The van der Waals surface area contributed by atoms with Crippen molar-refractivity contribution in [3.8, 4) is 6.07 Å². The zero-order valence-corrected chi connectivity index (χ0v) is 15.5. The van der Waals surface area contributed by atoms with Crippen molar-refractivity contribution < 1.29 is 19.2 Å². The van der Waals surface area contributed by atoms with Crippen LogP contribution in [0.5, 0.6) is 0 Å². The highest BCUT2D eigenvalue weighted by Gasteiger charge is 2.38. The summed E-state index contributed by atoms with van der Waals surface area (Å²) in [6.45, 7) is 0.536. The van der Waals surface area contributed by atoms with E-state index in [9.17, 15) is 24.4 Å². The molecule has 1 aromatic rings. The second-order valence-electron chi connectivity index (χ2n) is 6.29. The van der Waals surface area contributed by atoms with Gasteiger partial charge in [0.2, 0.25) is 11.8 Å². The van der Waals surface area contributed by atoms with Crippen LogP contribution in [-0.2, 0) is 19.2 Å². The molecule has 27 heavy (non-hydrogen) atoms. The van der Waals surface area contributed by atoms with Crippen molar-refractivity contribution in [2.45, 2.75) is 18.9 Å². The molecule has 0 aliphatic carbocycles. The number of rotatable bonds is 6. The standard InChI is InChI=1S/C16H20N4O2.C3H4O2/c1-19(2)11-15(21)20-10-12(8-14(20)9-17)16(22)18-13-6-4-3-5-7-13;4-2-1-3-5/h3-7,12,14H,8,10-11H2,1-2H3,(H,18,22);2-3H,1H2. The Morgan fingerprint density at radius 3 is 2.37 bits per heavy atom. The summed E-state index contributed by atoms with van der Waals surface area (Å²) >= 11 is 0. The minimum atomic E-state index is -0.529. The summed E-state index contributed by atoms with van der Waals surface area (Å²) in [5.74, 6) is -0.617. The molecule has 144 valence electrons. The number of anilines is 1. The first-order valence-electron chi connectivity index (χ1n) is 8.49. The molecule has 1 aromatic carbocycles. The van der Waals surface area contributed by atoms with Crippen LogP contribution in [0.15, 0.2) is 30.3 Å². The van der Waals surface area contributed by atoms with E-state index in [4.69, 9.17) is 0 Å². The predicted molar refractivity (Wildman–Crippen MR) is 99.6 cm³/mol. The molecule has 1 fully saturated rings. The summed E-state index contributed by atoms with van der Waals surface area (Å²) in [5.41, 5.74) is 0.721. The predicted octanol–water partition coefficient (Wildman–Crippen LogP) is 0.702. The Bertz CT molecular complexity index is 679. The van der Waals surface area contributed by atoms with Crippen LogP contribution in [0, 0.1) is 17.2 Å². The van der Waals surface area contributed by atoms with E-state index < -0.39 is 6.04 Å². The number of benzene rings is 1. The maximum Gasteiger partial charge on any atom is 0.237 e. The Labute approximate surface area is 158 Å². The molecule has 2 rings (SSSR count). The Balaban J connectivity index is 0.000000646. The van der Waals surface area contributed by atoms with Gasteiger partial charge in [0, 0.05) is 12.2 Å². The molecule has 8 heteroatoms. The van der Waals surface area contributed by atoms with Gasteiger partial charge >= 0.3 is 0 Å². The lowest BCUT2D eigenvalue weighted by atomic mass is 10.1. The summed E-state index contributed by atoms with van der Waals surface area (Å²) in [6, 6.07) is 10.8. The highest BCUT2D eigenvalue weighted by atomic mass is 16.2. The van der Waals surface area contributed by atoms with E-state index in [2.05, 4.69) is 11.4 Å². The molecule has 1 N–H and O–H groups in total. The molecule has 0 saturated carbocycles. The number of amides is 2. The maximum atomic E-state index is 12.3. The highest BCUT2D eigenvalue weighted by Crippen LogP contribution is 2.24. The number of carbonyl (C=O) groups excluding carboxylic acids is 4. The van der Waals surface area contributed by atoms with E-state index >= 15 is 0 Å². The minimum absolute atomic E-state index is 0.0278. The first-order chi connectivity index (χ1) is 12.9. The lowest BCUT2D eigenvalue weighted by molar-refractivity contribution is -0.132. The molecule has 2 unspecified atom stereocenters. The molecule has 0 bridgehead atoms. The summed E-state index contributed by atoms with van der Waals surface area (Å²) in [7, 11) is 3.60. The number of nitrogens with zero attached hydrogens (tertiary/aromatic N) is 3. The van der Waals surface area contributed by atoms with E-state index in [1.807, 2.05) is 30.3 Å². The van der Waals surface area contributed by atoms with Gasteiger partial charge in [0.1, 0.15) is 18.6 Å². The van der Waals surface area contributed by atoms with Crippen LogP contribution in [0.2, 0.25) is 0 Å². The second kappa shape index (κ2) is 11.5. The van der Waals surface area contributed by atoms with Crippen LogP contribution in [-0.4, -0.2) is 67.4 Å². The number of aldehydes is 2. The number of likely N-dealkylation sites (tertiary alicyclic amines) is 1. The lowest BCUT2D eigenvalue weighted by Gasteiger charge is -2.21. The Morgan fingerprint density at radius 2 is 1.89 bits per heavy atom. The van der Waals surface area contributed by atoms with Crippen molar-refractivity contribution in [3.63, 3.8) is 0 Å². The number of likely N-dealkylation sites (N-methyl/N-ethyl adjacent to an activating group) is 1. The van der Waals surface area contributed by atoms with Crippen molar-refractivity contribution in [2.75, 3.05) is 32.5 Å². The number of nitrogens with one attached hydrogen (secondary N) is 1. The minimum Gasteiger partial charge on any atom is -0.326 e. The summed E-state index contributed by atoms with van der Waals surface area (Å²) < 4.78 is 0. The molecule has 2 amide bonds. The summed E-state index contributed by atoms with van der Waals surface area (Å²) in [4.78, 5) is 46.1. The fourth-order valence-electron chi connectivity index (χ4n) is 2.59. The van der Waals surface area contributed by atoms with Crippen molar-refractivity contribution in [2.24, 2.45) is 5.92 Å². The first kappa shape index (κ1) is 22.0. The Kier molecular flexibility index (Phi) is 9.40. The number of hydrogen-bond acceptors (Lipinski definition) is 6. The molecule has 8 nitrogen and oxygen atoms in total. The Morgan fingerprint density at radius 1 is 1.26 bits per heavy atom. The molecule has 1 heterocycles. The van der Waals surface area contributed by atoms with Crippen molar-refractivity contribution in [3.05, 3.63) is 30.3 Å². The van der Waals surface area contributed by atoms with Crippen molar-refractivity contribution in [1.82, 2.24) is 9.80 Å². The number of carbonyl (C=O) groups is 4. The maximum absolute atomic E-state index is 12.3. The van der Waals surface area contributed by atoms with Gasteiger partial charge in [-0.15, -0.1) is 0 Å². The van der Waals surface area contributed by atoms with Crippen LogP contribution >= 0.6 is 0 Å².